The van der Waals surface area contributed by atoms with Gasteiger partial charge in [-0.1, -0.05) is 33.1 Å². The number of aliphatic hydroxyl groups excluding tert-OH is 1. The molecule has 0 aromatic carbocycles. The summed E-state index contributed by atoms with van der Waals surface area (Å²) < 4.78 is 0. The van der Waals surface area contributed by atoms with Crippen LogP contribution in [-0.4, -0.2) is 48.3 Å². The van der Waals surface area contributed by atoms with Crippen LogP contribution in [0.5, 0.6) is 0 Å². The van der Waals surface area contributed by atoms with Crippen LogP contribution in [0.25, 0.3) is 0 Å². The third-order valence-electron chi connectivity index (χ3n) is 5.86. The summed E-state index contributed by atoms with van der Waals surface area (Å²) in [5, 5.41) is 13.2. The van der Waals surface area contributed by atoms with E-state index in [-0.39, 0.29) is 0 Å². The van der Waals surface area contributed by atoms with Gasteiger partial charge < -0.3 is 10.4 Å². The highest BCUT2D eigenvalue weighted by Crippen LogP contribution is 2.32. The third-order valence-corrected chi connectivity index (χ3v) is 5.86. The summed E-state index contributed by atoms with van der Waals surface area (Å²) in [6, 6.07) is 1.51. The van der Waals surface area contributed by atoms with Crippen molar-refractivity contribution in [3.05, 3.63) is 0 Å². The first-order chi connectivity index (χ1) is 10.2. The monoisotopic (exact) mass is 296 g/mol. The Hall–Kier alpha value is -0.120. The normalized spacial score (nSPS) is 21.1. The van der Waals surface area contributed by atoms with E-state index < -0.39 is 0 Å². The summed E-state index contributed by atoms with van der Waals surface area (Å²) >= 11 is 0. The van der Waals surface area contributed by atoms with Gasteiger partial charge in [-0.15, -0.1) is 0 Å². The zero-order chi connectivity index (χ0) is 15.1. The molecule has 0 bridgehead atoms. The minimum Gasteiger partial charge on any atom is -0.395 e. The lowest BCUT2D eigenvalue weighted by atomic mass is 9.80. The van der Waals surface area contributed by atoms with Gasteiger partial charge in [0, 0.05) is 31.7 Å². The van der Waals surface area contributed by atoms with Gasteiger partial charge in [-0.2, -0.15) is 0 Å². The molecule has 2 fully saturated rings. The van der Waals surface area contributed by atoms with Gasteiger partial charge in [0.25, 0.3) is 0 Å². The molecular weight excluding hydrogens is 260 g/mol. The smallest absolute Gasteiger partial charge is 0.0558 e. The summed E-state index contributed by atoms with van der Waals surface area (Å²) in [6.07, 6.45) is 12.0. The van der Waals surface area contributed by atoms with Crippen LogP contribution in [0.15, 0.2) is 0 Å². The standard InChI is InChI=1S/C18H36N2O/c1-3-18(4-2,14-19-16-10-11-16)15-20(12-13-21)17-8-6-5-7-9-17/h16-17,19,21H,3-15H2,1-2H3. The number of nitrogens with one attached hydrogen (secondary N) is 1. The third kappa shape index (κ3) is 5.22. The molecule has 0 spiro atoms. The first-order valence-electron chi connectivity index (χ1n) is 9.31. The molecule has 0 unspecified atom stereocenters. The summed E-state index contributed by atoms with van der Waals surface area (Å²) in [5.74, 6) is 0. The van der Waals surface area contributed by atoms with E-state index in [9.17, 15) is 5.11 Å². The van der Waals surface area contributed by atoms with E-state index in [0.29, 0.717) is 18.1 Å². The summed E-state index contributed by atoms with van der Waals surface area (Å²) in [7, 11) is 0. The van der Waals surface area contributed by atoms with Crippen molar-refractivity contribution in [1.82, 2.24) is 10.2 Å². The number of aliphatic hydroxyl groups is 1. The lowest BCUT2D eigenvalue weighted by Crippen LogP contribution is -2.49. The Morgan fingerprint density at radius 3 is 2.24 bits per heavy atom. The van der Waals surface area contributed by atoms with E-state index in [0.717, 1.165) is 25.7 Å². The molecule has 21 heavy (non-hydrogen) atoms. The second-order valence-electron chi connectivity index (χ2n) is 7.35. The van der Waals surface area contributed by atoms with Crippen LogP contribution in [0.4, 0.5) is 0 Å². The molecule has 3 heteroatoms. The zero-order valence-electron chi connectivity index (χ0n) is 14.2. The topological polar surface area (TPSA) is 35.5 Å². The SMILES string of the molecule is CCC(CC)(CNC1CC1)CN(CCO)C1CCCCC1. The molecule has 2 N–H and O–H groups in total. The molecule has 2 saturated carbocycles. The molecule has 0 radical (unpaired) electrons. The van der Waals surface area contributed by atoms with Gasteiger partial charge in [-0.3, -0.25) is 4.90 Å². The van der Waals surface area contributed by atoms with Gasteiger partial charge in [0.1, 0.15) is 0 Å². The van der Waals surface area contributed by atoms with Crippen molar-refractivity contribution in [2.75, 3.05) is 26.2 Å². The van der Waals surface area contributed by atoms with E-state index in [1.165, 1.54) is 57.8 Å². The van der Waals surface area contributed by atoms with Gasteiger partial charge in [-0.05, 0) is 43.9 Å². The predicted octanol–water partition coefficient (Wildman–Crippen LogP) is 3.17. The second kappa shape index (κ2) is 8.50. The predicted molar refractivity (Wildman–Crippen MR) is 89.6 cm³/mol. The maximum atomic E-state index is 9.48. The number of hydrogen-bond acceptors (Lipinski definition) is 3. The van der Waals surface area contributed by atoms with Crippen LogP contribution in [-0.2, 0) is 0 Å². The molecule has 0 amide bonds. The average Bonchev–Trinajstić information content (AvgIpc) is 3.36. The molecule has 3 nitrogen and oxygen atoms in total. The minimum absolute atomic E-state index is 0.302. The molecule has 0 atom stereocenters. The molecule has 0 aliphatic heterocycles. The lowest BCUT2D eigenvalue weighted by Gasteiger charge is -2.42. The van der Waals surface area contributed by atoms with Crippen molar-refractivity contribution in [1.29, 1.82) is 0 Å². The summed E-state index contributed by atoms with van der Waals surface area (Å²) in [4.78, 5) is 2.61. The van der Waals surface area contributed by atoms with E-state index in [1.807, 2.05) is 0 Å². The summed E-state index contributed by atoms with van der Waals surface area (Å²) in [5.41, 5.74) is 0.384. The molecule has 2 aliphatic carbocycles. The van der Waals surface area contributed by atoms with Crippen molar-refractivity contribution in [2.24, 2.45) is 5.41 Å². The molecule has 0 heterocycles. The van der Waals surface area contributed by atoms with Gasteiger partial charge in [-0.25, -0.2) is 0 Å². The van der Waals surface area contributed by atoms with E-state index >= 15 is 0 Å². The van der Waals surface area contributed by atoms with E-state index in [4.69, 9.17) is 0 Å². The molecule has 0 aromatic rings. The Morgan fingerprint density at radius 1 is 1.05 bits per heavy atom. The lowest BCUT2D eigenvalue weighted by molar-refractivity contribution is 0.0638. The number of rotatable bonds is 10. The maximum absolute atomic E-state index is 9.48. The molecule has 2 aliphatic rings. The van der Waals surface area contributed by atoms with Crippen LogP contribution in [0.2, 0.25) is 0 Å². The Kier molecular flexibility index (Phi) is 6.97. The fourth-order valence-electron chi connectivity index (χ4n) is 3.82. The Labute approximate surface area is 131 Å². The second-order valence-corrected chi connectivity index (χ2v) is 7.35. The van der Waals surface area contributed by atoms with Crippen LogP contribution in [0, 0.1) is 5.41 Å². The van der Waals surface area contributed by atoms with Crippen molar-refractivity contribution in [2.45, 2.75) is 83.7 Å². The number of hydrogen-bond donors (Lipinski definition) is 2. The summed E-state index contributed by atoms with van der Waals surface area (Å²) in [6.45, 7) is 8.16. The highest BCUT2D eigenvalue weighted by molar-refractivity contribution is 4.90. The average molecular weight is 296 g/mol. The fourth-order valence-corrected chi connectivity index (χ4v) is 3.82. The van der Waals surface area contributed by atoms with E-state index in [2.05, 4.69) is 24.1 Å². The largest absolute Gasteiger partial charge is 0.395 e. The number of nitrogens with zero attached hydrogens (tertiary/aromatic N) is 1. The Bertz CT molecular complexity index is 281. The molecular formula is C18H36N2O. The molecule has 124 valence electrons. The Balaban J connectivity index is 1.94. The first-order valence-corrected chi connectivity index (χ1v) is 9.31. The fraction of sp³-hybridized carbons (Fsp3) is 1.00. The molecule has 2 rings (SSSR count). The maximum Gasteiger partial charge on any atom is 0.0558 e. The van der Waals surface area contributed by atoms with Gasteiger partial charge >= 0.3 is 0 Å². The van der Waals surface area contributed by atoms with Crippen LogP contribution >= 0.6 is 0 Å². The highest BCUT2D eigenvalue weighted by Gasteiger charge is 2.33. The molecule has 0 aromatic heterocycles. The zero-order valence-corrected chi connectivity index (χ0v) is 14.2. The Morgan fingerprint density at radius 2 is 1.71 bits per heavy atom. The van der Waals surface area contributed by atoms with Crippen molar-refractivity contribution >= 4 is 0 Å². The van der Waals surface area contributed by atoms with Crippen LogP contribution in [0.1, 0.15) is 71.6 Å². The van der Waals surface area contributed by atoms with Gasteiger partial charge in [0.2, 0.25) is 0 Å². The van der Waals surface area contributed by atoms with Crippen molar-refractivity contribution in [3.63, 3.8) is 0 Å². The highest BCUT2D eigenvalue weighted by atomic mass is 16.3. The molecule has 0 saturated heterocycles. The quantitative estimate of drug-likeness (QED) is 0.650. The van der Waals surface area contributed by atoms with Gasteiger partial charge in [0.15, 0.2) is 0 Å². The van der Waals surface area contributed by atoms with Crippen LogP contribution in [0.3, 0.4) is 0 Å². The van der Waals surface area contributed by atoms with Crippen molar-refractivity contribution < 1.29 is 5.11 Å². The van der Waals surface area contributed by atoms with E-state index in [1.54, 1.807) is 0 Å². The first kappa shape index (κ1) is 17.2. The van der Waals surface area contributed by atoms with Crippen molar-refractivity contribution in [3.8, 4) is 0 Å². The van der Waals surface area contributed by atoms with Gasteiger partial charge in [0.05, 0.1) is 6.61 Å². The van der Waals surface area contributed by atoms with Crippen LogP contribution < -0.4 is 5.32 Å². The minimum atomic E-state index is 0.302.